The molecule has 0 aliphatic carbocycles. The lowest BCUT2D eigenvalue weighted by molar-refractivity contribution is -0.00269. The van der Waals surface area contributed by atoms with E-state index in [0.29, 0.717) is 43.7 Å². The molecule has 0 unspecified atom stereocenters. The zero-order valence-electron chi connectivity index (χ0n) is 12.5. The van der Waals surface area contributed by atoms with Crippen molar-refractivity contribution in [2.75, 3.05) is 27.2 Å². The van der Waals surface area contributed by atoms with E-state index in [9.17, 15) is 9.59 Å². The van der Waals surface area contributed by atoms with E-state index in [1.165, 1.54) is 0 Å². The van der Waals surface area contributed by atoms with Crippen LogP contribution in [0.3, 0.4) is 0 Å². The van der Waals surface area contributed by atoms with Crippen LogP contribution >= 0.6 is 0 Å². The molecule has 5 heteroatoms. The molecular formula is C16H20N2O3. The first-order chi connectivity index (χ1) is 10.0. The summed E-state index contributed by atoms with van der Waals surface area (Å²) >= 11 is 0. The molecule has 0 atom stereocenters. The average molecular weight is 288 g/mol. The van der Waals surface area contributed by atoms with Crippen molar-refractivity contribution in [2.24, 2.45) is 0 Å². The van der Waals surface area contributed by atoms with E-state index in [1.807, 2.05) is 29.2 Å². The van der Waals surface area contributed by atoms with Gasteiger partial charge in [-0.15, -0.1) is 0 Å². The molecule has 1 spiro atoms. The van der Waals surface area contributed by atoms with Crippen LogP contribution in [0.25, 0.3) is 0 Å². The molecule has 0 bridgehead atoms. The Morgan fingerprint density at radius 2 is 1.90 bits per heavy atom. The fourth-order valence-corrected chi connectivity index (χ4v) is 3.11. The maximum absolute atomic E-state index is 12.3. The van der Waals surface area contributed by atoms with Crippen LogP contribution in [-0.4, -0.2) is 54.4 Å². The number of benzene rings is 1. The van der Waals surface area contributed by atoms with Gasteiger partial charge in [-0.2, -0.15) is 0 Å². The molecule has 1 fully saturated rings. The van der Waals surface area contributed by atoms with E-state index in [2.05, 4.69) is 0 Å². The number of Topliss-reactive ketones (excluding diaryl/α,β-unsaturated/α-hetero) is 1. The smallest absolute Gasteiger partial charge is 0.319 e. The predicted octanol–water partition coefficient (Wildman–Crippen LogP) is 2.17. The van der Waals surface area contributed by atoms with Crippen molar-refractivity contribution >= 4 is 11.8 Å². The number of piperidine rings is 1. The van der Waals surface area contributed by atoms with E-state index in [1.54, 1.807) is 19.0 Å². The Morgan fingerprint density at radius 3 is 2.57 bits per heavy atom. The Bertz CT molecular complexity index is 575. The van der Waals surface area contributed by atoms with Crippen LogP contribution < -0.4 is 4.74 Å². The highest BCUT2D eigenvalue weighted by Gasteiger charge is 2.43. The maximum Gasteiger partial charge on any atom is 0.319 e. The highest BCUT2D eigenvalue weighted by atomic mass is 16.5. The van der Waals surface area contributed by atoms with Crippen LogP contribution in [0.2, 0.25) is 0 Å². The minimum Gasteiger partial charge on any atom is -0.486 e. The molecule has 0 saturated carbocycles. The molecule has 1 aromatic rings. The number of urea groups is 1. The summed E-state index contributed by atoms with van der Waals surface area (Å²) in [6.07, 6.45) is 1.81. The topological polar surface area (TPSA) is 49.9 Å². The summed E-state index contributed by atoms with van der Waals surface area (Å²) in [4.78, 5) is 27.7. The SMILES string of the molecule is CN(C)C(=O)N1CCC2(CC1)CC(=O)c1ccccc1O2. The molecule has 5 nitrogen and oxygen atoms in total. The van der Waals surface area contributed by atoms with Crippen molar-refractivity contribution in [2.45, 2.75) is 24.9 Å². The molecule has 0 aromatic heterocycles. The van der Waals surface area contributed by atoms with E-state index < -0.39 is 5.60 Å². The molecule has 1 aromatic carbocycles. The summed E-state index contributed by atoms with van der Waals surface area (Å²) in [5, 5.41) is 0. The number of ether oxygens (including phenoxy) is 1. The van der Waals surface area contributed by atoms with Gasteiger partial charge in [0.1, 0.15) is 11.4 Å². The molecule has 2 aliphatic rings. The highest BCUT2D eigenvalue weighted by molar-refractivity contribution is 6.00. The lowest BCUT2D eigenvalue weighted by Gasteiger charge is -2.44. The number of hydrogen-bond donors (Lipinski definition) is 0. The minimum absolute atomic E-state index is 0.0207. The summed E-state index contributed by atoms with van der Waals surface area (Å²) in [7, 11) is 3.51. The average Bonchev–Trinajstić information content (AvgIpc) is 2.47. The first-order valence-electron chi connectivity index (χ1n) is 7.28. The molecule has 0 N–H and O–H groups in total. The number of rotatable bonds is 0. The predicted molar refractivity (Wildman–Crippen MR) is 78.6 cm³/mol. The number of likely N-dealkylation sites (tertiary alicyclic amines) is 1. The second-order valence-electron chi connectivity index (χ2n) is 6.05. The van der Waals surface area contributed by atoms with Gasteiger partial charge in [-0.3, -0.25) is 4.79 Å². The van der Waals surface area contributed by atoms with Gasteiger partial charge in [0.05, 0.1) is 12.0 Å². The number of fused-ring (bicyclic) bond motifs is 1. The number of nitrogens with zero attached hydrogens (tertiary/aromatic N) is 2. The van der Waals surface area contributed by atoms with E-state index in [-0.39, 0.29) is 11.8 Å². The van der Waals surface area contributed by atoms with Crippen LogP contribution in [0.1, 0.15) is 29.6 Å². The molecular weight excluding hydrogens is 268 g/mol. The molecule has 21 heavy (non-hydrogen) atoms. The van der Waals surface area contributed by atoms with Crippen molar-refractivity contribution in [1.29, 1.82) is 0 Å². The molecule has 2 aliphatic heterocycles. The van der Waals surface area contributed by atoms with Gasteiger partial charge in [0, 0.05) is 40.0 Å². The van der Waals surface area contributed by atoms with Crippen LogP contribution in [0, 0.1) is 0 Å². The summed E-state index contributed by atoms with van der Waals surface area (Å²) in [6, 6.07) is 7.43. The van der Waals surface area contributed by atoms with E-state index in [4.69, 9.17) is 4.74 Å². The zero-order chi connectivity index (χ0) is 15.0. The monoisotopic (exact) mass is 288 g/mol. The number of ketones is 1. The maximum atomic E-state index is 12.3. The van der Waals surface area contributed by atoms with Crippen molar-refractivity contribution < 1.29 is 14.3 Å². The van der Waals surface area contributed by atoms with Gasteiger partial charge in [0.25, 0.3) is 0 Å². The number of carbonyl (C=O) groups excluding carboxylic acids is 2. The third kappa shape index (κ3) is 2.48. The lowest BCUT2D eigenvalue weighted by atomic mass is 9.82. The second kappa shape index (κ2) is 5.06. The van der Waals surface area contributed by atoms with Gasteiger partial charge in [0.2, 0.25) is 0 Å². The minimum atomic E-state index is -0.436. The van der Waals surface area contributed by atoms with E-state index >= 15 is 0 Å². The Hall–Kier alpha value is -2.04. The first kappa shape index (κ1) is 13.9. The van der Waals surface area contributed by atoms with Crippen molar-refractivity contribution in [3.05, 3.63) is 29.8 Å². The number of para-hydroxylation sites is 1. The summed E-state index contributed by atoms with van der Waals surface area (Å²) in [6.45, 7) is 1.26. The van der Waals surface area contributed by atoms with Gasteiger partial charge in [0.15, 0.2) is 5.78 Å². The third-order valence-electron chi connectivity index (χ3n) is 4.32. The van der Waals surface area contributed by atoms with E-state index in [0.717, 1.165) is 0 Å². The van der Waals surface area contributed by atoms with Gasteiger partial charge in [-0.25, -0.2) is 4.79 Å². The number of carbonyl (C=O) groups is 2. The Kier molecular flexibility index (Phi) is 3.35. The van der Waals surface area contributed by atoms with Crippen molar-refractivity contribution in [3.8, 4) is 5.75 Å². The van der Waals surface area contributed by atoms with Crippen molar-refractivity contribution in [3.63, 3.8) is 0 Å². The molecule has 2 amide bonds. The quantitative estimate of drug-likeness (QED) is 0.735. The molecule has 1 saturated heterocycles. The van der Waals surface area contributed by atoms with Gasteiger partial charge in [-0.05, 0) is 12.1 Å². The Labute approximate surface area is 124 Å². The Balaban J connectivity index is 1.75. The third-order valence-corrected chi connectivity index (χ3v) is 4.32. The fraction of sp³-hybridized carbons (Fsp3) is 0.500. The van der Waals surface area contributed by atoms with Crippen LogP contribution in [0.4, 0.5) is 4.79 Å². The molecule has 3 rings (SSSR count). The number of hydrogen-bond acceptors (Lipinski definition) is 3. The largest absolute Gasteiger partial charge is 0.486 e. The first-order valence-corrected chi connectivity index (χ1v) is 7.28. The zero-order valence-corrected chi connectivity index (χ0v) is 12.5. The van der Waals surface area contributed by atoms with Gasteiger partial charge in [-0.1, -0.05) is 12.1 Å². The second-order valence-corrected chi connectivity index (χ2v) is 6.05. The highest BCUT2D eigenvalue weighted by Crippen LogP contribution is 2.39. The number of amides is 2. The molecule has 112 valence electrons. The summed E-state index contributed by atoms with van der Waals surface area (Å²) < 4.78 is 6.15. The standard InChI is InChI=1S/C16H20N2O3/c1-17(2)15(20)18-9-7-16(8-10-18)11-13(19)12-5-3-4-6-14(12)21-16/h3-6H,7-11H2,1-2H3. The van der Waals surface area contributed by atoms with Crippen LogP contribution in [0.15, 0.2) is 24.3 Å². The molecule has 2 heterocycles. The normalized spacial score (nSPS) is 19.9. The Morgan fingerprint density at radius 1 is 1.24 bits per heavy atom. The summed E-state index contributed by atoms with van der Waals surface area (Å²) in [5.74, 6) is 0.824. The van der Waals surface area contributed by atoms with Gasteiger partial charge >= 0.3 is 6.03 Å². The fourth-order valence-electron chi connectivity index (χ4n) is 3.11. The van der Waals surface area contributed by atoms with Crippen LogP contribution in [-0.2, 0) is 0 Å². The molecule has 0 radical (unpaired) electrons. The van der Waals surface area contributed by atoms with Gasteiger partial charge < -0.3 is 14.5 Å². The summed E-state index contributed by atoms with van der Waals surface area (Å²) in [5.41, 5.74) is 0.240. The van der Waals surface area contributed by atoms with Crippen LogP contribution in [0.5, 0.6) is 5.75 Å². The lowest BCUT2D eigenvalue weighted by Crippen LogP contribution is -2.53. The van der Waals surface area contributed by atoms with Crippen molar-refractivity contribution in [1.82, 2.24) is 9.80 Å².